The molecule has 0 aliphatic carbocycles. The number of benzene rings is 1. The molecular formula is C12H11NO4Se. The molecule has 94 valence electrons. The molecule has 1 aromatic rings. The molecule has 0 atom stereocenters. The Balaban J connectivity index is 2.07. The van der Waals surface area contributed by atoms with Crippen molar-refractivity contribution >= 4 is 33.0 Å². The van der Waals surface area contributed by atoms with Crippen molar-refractivity contribution in [2.45, 2.75) is 12.2 Å². The second-order valence-corrected chi connectivity index (χ2v) is 5.44. The van der Waals surface area contributed by atoms with E-state index in [-0.39, 0.29) is 23.1 Å². The molecule has 2 rings (SSSR count). The molecule has 0 unspecified atom stereocenters. The van der Waals surface area contributed by atoms with E-state index in [1.165, 1.54) is 0 Å². The van der Waals surface area contributed by atoms with Crippen LogP contribution in [-0.4, -0.2) is 43.5 Å². The number of carbonyl (C=O) groups is 3. The predicted octanol–water partition coefficient (Wildman–Crippen LogP) is 0.883. The Labute approximate surface area is 110 Å². The molecule has 0 spiro atoms. The van der Waals surface area contributed by atoms with Crippen LogP contribution in [0.4, 0.5) is 0 Å². The van der Waals surface area contributed by atoms with Crippen LogP contribution in [0.1, 0.15) is 27.6 Å². The third-order valence-corrected chi connectivity index (χ3v) is 4.38. The molecule has 1 aliphatic rings. The molecule has 1 aromatic carbocycles. The van der Waals surface area contributed by atoms with E-state index in [0.717, 1.165) is 3.92 Å². The number of fused-ring (bicyclic) bond motifs is 1. The zero-order valence-electron chi connectivity index (χ0n) is 9.71. The molecule has 18 heavy (non-hydrogen) atoms. The fraction of sp³-hybridized carbons (Fsp3) is 0.250. The molecule has 5 nitrogen and oxygen atoms in total. The van der Waals surface area contributed by atoms with E-state index in [1.54, 1.807) is 31.2 Å². The summed E-state index contributed by atoms with van der Waals surface area (Å²) < 4.78 is 5.92. The molecule has 0 N–H and O–H groups in total. The van der Waals surface area contributed by atoms with Gasteiger partial charge in [0.25, 0.3) is 0 Å². The van der Waals surface area contributed by atoms with Crippen LogP contribution in [0.15, 0.2) is 24.3 Å². The Morgan fingerprint density at radius 2 is 1.78 bits per heavy atom. The summed E-state index contributed by atoms with van der Waals surface area (Å²) in [6.07, 6.45) is 0. The molecule has 1 aliphatic heterocycles. The van der Waals surface area contributed by atoms with Gasteiger partial charge in [-0.15, -0.1) is 0 Å². The number of hydrogen-bond acceptors (Lipinski definition) is 4. The third-order valence-electron chi connectivity index (χ3n) is 2.37. The third kappa shape index (κ3) is 2.30. The van der Waals surface area contributed by atoms with Gasteiger partial charge in [0.05, 0.1) is 0 Å². The van der Waals surface area contributed by atoms with Gasteiger partial charge in [0.2, 0.25) is 0 Å². The Hall–Kier alpha value is -1.65. The first-order chi connectivity index (χ1) is 8.65. The fourth-order valence-corrected chi connectivity index (χ4v) is 3.18. The maximum atomic E-state index is 11.9. The van der Waals surface area contributed by atoms with Crippen molar-refractivity contribution in [2.75, 3.05) is 6.61 Å². The summed E-state index contributed by atoms with van der Waals surface area (Å²) in [6.45, 7) is 2.02. The van der Waals surface area contributed by atoms with Crippen LogP contribution in [0, 0.1) is 0 Å². The van der Waals surface area contributed by atoms with Crippen molar-refractivity contribution in [3.8, 4) is 0 Å². The first-order valence-electron chi connectivity index (χ1n) is 5.41. The van der Waals surface area contributed by atoms with Crippen LogP contribution in [-0.2, 0) is 9.53 Å². The maximum absolute atomic E-state index is 11.9. The number of hydrogen-bond donors (Lipinski definition) is 0. The van der Waals surface area contributed by atoms with E-state index in [9.17, 15) is 14.4 Å². The number of nitrogens with zero attached hydrogens (tertiary/aromatic N) is 1. The van der Waals surface area contributed by atoms with E-state index in [2.05, 4.69) is 0 Å². The number of carbonyl (C=O) groups excluding carboxylic acids is 3. The number of rotatable bonds is 4. The van der Waals surface area contributed by atoms with Crippen molar-refractivity contribution in [1.82, 2.24) is 3.92 Å². The van der Waals surface area contributed by atoms with Crippen molar-refractivity contribution in [3.05, 3.63) is 35.4 Å². The van der Waals surface area contributed by atoms with E-state index < -0.39 is 15.2 Å². The van der Waals surface area contributed by atoms with Gasteiger partial charge in [-0.05, 0) is 0 Å². The summed E-state index contributed by atoms with van der Waals surface area (Å²) in [4.78, 5) is 35.1. The van der Waals surface area contributed by atoms with Crippen LogP contribution in [0.3, 0.4) is 0 Å². The van der Waals surface area contributed by atoms with Crippen molar-refractivity contribution in [1.29, 1.82) is 0 Å². The van der Waals surface area contributed by atoms with Gasteiger partial charge in [-0.1, -0.05) is 0 Å². The summed E-state index contributed by atoms with van der Waals surface area (Å²) in [5.74, 6) is -1.02. The SMILES string of the molecule is CCOC(=O)C[Se]N1C(=O)c2ccccc2C1=O. The molecular weight excluding hydrogens is 301 g/mol. The normalized spacial score (nSPS) is 13.7. The van der Waals surface area contributed by atoms with E-state index in [4.69, 9.17) is 4.74 Å². The number of imide groups is 1. The Morgan fingerprint density at radius 3 is 2.28 bits per heavy atom. The predicted molar refractivity (Wildman–Crippen MR) is 64.1 cm³/mol. The summed E-state index contributed by atoms with van der Waals surface area (Å²) in [7, 11) is 0. The Bertz CT molecular complexity index is 480. The summed E-state index contributed by atoms with van der Waals surface area (Å²) >= 11 is -0.542. The average Bonchev–Trinajstić information content (AvgIpc) is 2.61. The Kier molecular flexibility index (Phi) is 3.79. The summed E-state index contributed by atoms with van der Waals surface area (Å²) in [5, 5.41) is 0.0896. The molecule has 2 amide bonds. The zero-order valence-corrected chi connectivity index (χ0v) is 11.4. The molecule has 1 heterocycles. The minimum absolute atomic E-state index is 0.0896. The molecule has 0 saturated carbocycles. The second kappa shape index (κ2) is 5.33. The average molecular weight is 312 g/mol. The van der Waals surface area contributed by atoms with E-state index in [0.29, 0.717) is 17.7 Å². The van der Waals surface area contributed by atoms with Gasteiger partial charge in [0, 0.05) is 0 Å². The quantitative estimate of drug-likeness (QED) is 0.470. The van der Waals surface area contributed by atoms with Crippen molar-refractivity contribution in [3.63, 3.8) is 0 Å². The minimum atomic E-state index is -0.542. The van der Waals surface area contributed by atoms with Crippen LogP contribution < -0.4 is 0 Å². The number of esters is 1. The monoisotopic (exact) mass is 313 g/mol. The van der Waals surface area contributed by atoms with Gasteiger partial charge in [0.15, 0.2) is 0 Å². The van der Waals surface area contributed by atoms with Gasteiger partial charge >= 0.3 is 110 Å². The van der Waals surface area contributed by atoms with Gasteiger partial charge in [0.1, 0.15) is 0 Å². The molecule has 0 bridgehead atoms. The van der Waals surface area contributed by atoms with Gasteiger partial charge < -0.3 is 0 Å². The van der Waals surface area contributed by atoms with Gasteiger partial charge in [-0.3, -0.25) is 0 Å². The van der Waals surface area contributed by atoms with E-state index in [1.807, 2.05) is 0 Å². The molecule has 0 radical (unpaired) electrons. The summed E-state index contributed by atoms with van der Waals surface area (Å²) in [5.41, 5.74) is 0.821. The Morgan fingerprint density at radius 1 is 1.22 bits per heavy atom. The zero-order chi connectivity index (χ0) is 13.1. The van der Waals surface area contributed by atoms with Crippen LogP contribution >= 0.6 is 0 Å². The fourth-order valence-electron chi connectivity index (χ4n) is 1.60. The first kappa shape index (κ1) is 12.8. The van der Waals surface area contributed by atoms with Gasteiger partial charge in [-0.2, -0.15) is 0 Å². The molecule has 0 saturated heterocycles. The van der Waals surface area contributed by atoms with Crippen molar-refractivity contribution < 1.29 is 19.1 Å². The van der Waals surface area contributed by atoms with Crippen LogP contribution in [0.5, 0.6) is 0 Å². The summed E-state index contributed by atoms with van der Waals surface area (Å²) in [6, 6.07) is 6.67. The number of amides is 2. The topological polar surface area (TPSA) is 63.7 Å². The van der Waals surface area contributed by atoms with Crippen LogP contribution in [0.25, 0.3) is 0 Å². The van der Waals surface area contributed by atoms with Gasteiger partial charge in [-0.25, -0.2) is 0 Å². The molecule has 0 aromatic heterocycles. The molecule has 0 fully saturated rings. The van der Waals surface area contributed by atoms with E-state index >= 15 is 0 Å². The number of ether oxygens (including phenoxy) is 1. The van der Waals surface area contributed by atoms with Crippen LogP contribution in [0.2, 0.25) is 5.32 Å². The molecule has 6 heteroatoms. The van der Waals surface area contributed by atoms with Crippen molar-refractivity contribution in [2.24, 2.45) is 0 Å². The first-order valence-corrected chi connectivity index (χ1v) is 7.39. The second-order valence-electron chi connectivity index (χ2n) is 3.53. The standard InChI is InChI=1S/C12H11NO4Se/c1-2-17-10(14)7-18-13-11(15)8-5-3-4-6-9(8)12(13)16/h3-6H,2,7H2,1H3.